The summed E-state index contributed by atoms with van der Waals surface area (Å²) >= 11 is 0. The Balaban J connectivity index is 2.30. The Labute approximate surface area is 116 Å². The molecule has 102 valence electrons. The number of phenols is 2. The van der Waals surface area contributed by atoms with E-state index in [0.717, 1.165) is 5.56 Å². The first-order valence-corrected chi connectivity index (χ1v) is 6.06. The van der Waals surface area contributed by atoms with Crippen molar-refractivity contribution in [2.24, 2.45) is 0 Å². The Morgan fingerprint density at radius 2 is 1.70 bits per heavy atom. The van der Waals surface area contributed by atoms with Crippen LogP contribution in [0, 0.1) is 0 Å². The summed E-state index contributed by atoms with van der Waals surface area (Å²) in [4.78, 5) is 11.3. The molecule has 2 aromatic rings. The third-order valence-corrected chi connectivity index (χ3v) is 2.85. The van der Waals surface area contributed by atoms with E-state index in [1.54, 1.807) is 6.07 Å². The molecule has 0 fully saturated rings. The molecule has 0 radical (unpaired) electrons. The predicted molar refractivity (Wildman–Crippen MR) is 75.5 cm³/mol. The number of phenolic OH excluding ortho intramolecular Hbond substituents is 2. The summed E-state index contributed by atoms with van der Waals surface area (Å²) in [7, 11) is 0. The predicted octanol–water partition coefficient (Wildman–Crippen LogP) is 2.81. The molecule has 0 bridgehead atoms. The van der Waals surface area contributed by atoms with Gasteiger partial charge in [0.15, 0.2) is 11.5 Å². The lowest BCUT2D eigenvalue weighted by atomic mass is 10.0. The second kappa shape index (κ2) is 5.93. The van der Waals surface area contributed by atoms with Crippen LogP contribution < -0.4 is 0 Å². The second-order valence-corrected chi connectivity index (χ2v) is 4.39. The van der Waals surface area contributed by atoms with Crippen LogP contribution in [0.15, 0.2) is 54.1 Å². The summed E-state index contributed by atoms with van der Waals surface area (Å²) < 4.78 is 0. The molecule has 0 spiro atoms. The van der Waals surface area contributed by atoms with Gasteiger partial charge in [-0.1, -0.05) is 36.4 Å². The van der Waals surface area contributed by atoms with Crippen LogP contribution >= 0.6 is 0 Å². The molecule has 0 atom stereocenters. The lowest BCUT2D eigenvalue weighted by Crippen LogP contribution is -2.03. The fourth-order valence-electron chi connectivity index (χ4n) is 1.84. The molecule has 0 aliphatic rings. The average molecular weight is 270 g/mol. The number of carbonyl (C=O) groups is 1. The van der Waals surface area contributed by atoms with Gasteiger partial charge in [-0.3, -0.25) is 0 Å². The molecule has 0 aliphatic carbocycles. The molecule has 2 rings (SSSR count). The first-order valence-electron chi connectivity index (χ1n) is 6.06. The first-order chi connectivity index (χ1) is 9.56. The monoisotopic (exact) mass is 270 g/mol. The zero-order valence-corrected chi connectivity index (χ0v) is 10.7. The molecule has 0 amide bonds. The summed E-state index contributed by atoms with van der Waals surface area (Å²) in [6, 6.07) is 13.5. The second-order valence-electron chi connectivity index (χ2n) is 4.39. The third kappa shape index (κ3) is 3.38. The molecule has 0 unspecified atom stereocenters. The lowest BCUT2D eigenvalue weighted by Gasteiger charge is -2.04. The summed E-state index contributed by atoms with van der Waals surface area (Å²) in [6.07, 6.45) is 1.77. The Morgan fingerprint density at radius 1 is 1.00 bits per heavy atom. The normalized spacial score (nSPS) is 11.3. The highest BCUT2D eigenvalue weighted by molar-refractivity contribution is 5.92. The van der Waals surface area contributed by atoms with Crippen LogP contribution in [0.1, 0.15) is 11.1 Å². The zero-order chi connectivity index (χ0) is 14.5. The molecule has 2 aromatic carbocycles. The first kappa shape index (κ1) is 13.7. The van der Waals surface area contributed by atoms with Crippen molar-refractivity contribution >= 4 is 12.0 Å². The van der Waals surface area contributed by atoms with Crippen molar-refractivity contribution in [1.29, 1.82) is 0 Å². The van der Waals surface area contributed by atoms with E-state index in [9.17, 15) is 20.1 Å². The quantitative estimate of drug-likeness (QED) is 0.589. The van der Waals surface area contributed by atoms with Crippen LogP contribution in [0.2, 0.25) is 0 Å². The molecule has 20 heavy (non-hydrogen) atoms. The molecular weight excluding hydrogens is 256 g/mol. The fourth-order valence-corrected chi connectivity index (χ4v) is 1.84. The van der Waals surface area contributed by atoms with Gasteiger partial charge in [0.1, 0.15) is 0 Å². The number of benzene rings is 2. The van der Waals surface area contributed by atoms with Gasteiger partial charge in [0, 0.05) is 12.0 Å². The molecule has 0 heterocycles. The van der Waals surface area contributed by atoms with E-state index in [0.29, 0.717) is 5.56 Å². The molecule has 4 heteroatoms. The van der Waals surface area contributed by atoms with E-state index in [1.807, 2.05) is 30.3 Å². The highest BCUT2D eigenvalue weighted by atomic mass is 16.4. The minimum Gasteiger partial charge on any atom is -0.504 e. The van der Waals surface area contributed by atoms with Gasteiger partial charge in [0.2, 0.25) is 0 Å². The van der Waals surface area contributed by atoms with Crippen LogP contribution in [0.4, 0.5) is 0 Å². The van der Waals surface area contributed by atoms with Crippen LogP contribution in [0.3, 0.4) is 0 Å². The van der Waals surface area contributed by atoms with Gasteiger partial charge in [-0.25, -0.2) is 4.79 Å². The van der Waals surface area contributed by atoms with E-state index >= 15 is 0 Å². The molecule has 0 aliphatic heterocycles. The minimum absolute atomic E-state index is 0.210. The largest absolute Gasteiger partial charge is 0.504 e. The van der Waals surface area contributed by atoms with Gasteiger partial charge in [-0.15, -0.1) is 0 Å². The van der Waals surface area contributed by atoms with Crippen molar-refractivity contribution in [2.45, 2.75) is 6.42 Å². The van der Waals surface area contributed by atoms with Gasteiger partial charge in [-0.2, -0.15) is 0 Å². The number of aromatic hydroxyl groups is 2. The van der Waals surface area contributed by atoms with Gasteiger partial charge < -0.3 is 15.3 Å². The molecule has 0 saturated carbocycles. The summed E-state index contributed by atoms with van der Waals surface area (Å²) in [5, 5.41) is 27.9. The maximum Gasteiger partial charge on any atom is 0.331 e. The van der Waals surface area contributed by atoms with Crippen LogP contribution in [-0.2, 0) is 11.2 Å². The fraction of sp³-hybridized carbons (Fsp3) is 0.0625. The van der Waals surface area contributed by atoms with Crippen LogP contribution in [-0.4, -0.2) is 21.3 Å². The van der Waals surface area contributed by atoms with Gasteiger partial charge in [0.25, 0.3) is 0 Å². The molecule has 0 aromatic heterocycles. The number of hydrogen-bond acceptors (Lipinski definition) is 3. The van der Waals surface area contributed by atoms with Crippen molar-refractivity contribution in [1.82, 2.24) is 0 Å². The Hall–Kier alpha value is -2.75. The van der Waals surface area contributed by atoms with Gasteiger partial charge in [-0.05, 0) is 29.3 Å². The molecule has 4 nitrogen and oxygen atoms in total. The lowest BCUT2D eigenvalue weighted by molar-refractivity contribution is -0.132. The maximum absolute atomic E-state index is 11.3. The summed E-state index contributed by atoms with van der Waals surface area (Å²) in [5.41, 5.74) is 1.62. The maximum atomic E-state index is 11.3. The smallest absolute Gasteiger partial charge is 0.331 e. The van der Waals surface area contributed by atoms with E-state index in [1.165, 1.54) is 18.2 Å². The van der Waals surface area contributed by atoms with Gasteiger partial charge >= 0.3 is 5.97 Å². The summed E-state index contributed by atoms with van der Waals surface area (Å²) in [6.45, 7) is 0. The number of aliphatic carboxylic acids is 1. The van der Waals surface area contributed by atoms with Crippen molar-refractivity contribution in [3.63, 3.8) is 0 Å². The average Bonchev–Trinajstić information content (AvgIpc) is 2.43. The Bertz CT molecular complexity index is 645. The van der Waals surface area contributed by atoms with Crippen molar-refractivity contribution in [2.75, 3.05) is 0 Å². The van der Waals surface area contributed by atoms with Crippen LogP contribution in [0.25, 0.3) is 6.08 Å². The standard InChI is InChI=1S/C16H14O4/c17-14-7-6-12(10-15(14)18)9-13(16(19)20)8-11-4-2-1-3-5-11/h1-7,9-10,17-18H,8H2,(H,19,20). The summed E-state index contributed by atoms with van der Waals surface area (Å²) in [5.74, 6) is -1.52. The SMILES string of the molecule is O=C(O)C(=Cc1ccc(O)c(O)c1)Cc1ccccc1. The molecular formula is C16H14O4. The number of hydrogen-bond donors (Lipinski definition) is 3. The topological polar surface area (TPSA) is 77.8 Å². The number of carboxylic acid groups (broad SMARTS) is 1. The Morgan fingerprint density at radius 3 is 2.30 bits per heavy atom. The molecule has 3 N–H and O–H groups in total. The van der Waals surface area contributed by atoms with Crippen molar-refractivity contribution in [3.05, 3.63) is 65.2 Å². The van der Waals surface area contributed by atoms with E-state index in [2.05, 4.69) is 0 Å². The molecule has 0 saturated heterocycles. The van der Waals surface area contributed by atoms with Crippen molar-refractivity contribution in [3.8, 4) is 11.5 Å². The van der Waals surface area contributed by atoms with Crippen LogP contribution in [0.5, 0.6) is 11.5 Å². The van der Waals surface area contributed by atoms with E-state index in [-0.39, 0.29) is 23.5 Å². The highest BCUT2D eigenvalue weighted by Gasteiger charge is 2.09. The highest BCUT2D eigenvalue weighted by Crippen LogP contribution is 2.26. The van der Waals surface area contributed by atoms with Gasteiger partial charge in [0.05, 0.1) is 0 Å². The van der Waals surface area contributed by atoms with E-state index in [4.69, 9.17) is 0 Å². The Kier molecular flexibility index (Phi) is 4.05. The minimum atomic E-state index is -1.01. The third-order valence-electron chi connectivity index (χ3n) is 2.85. The van der Waals surface area contributed by atoms with E-state index < -0.39 is 5.97 Å². The number of carboxylic acids is 1. The van der Waals surface area contributed by atoms with Crippen molar-refractivity contribution < 1.29 is 20.1 Å². The zero-order valence-electron chi connectivity index (χ0n) is 10.7. The number of rotatable bonds is 4.